The fraction of sp³-hybridized carbons (Fsp3) is 0.342. The van der Waals surface area contributed by atoms with Crippen LogP contribution in [0, 0.1) is 17.6 Å². The van der Waals surface area contributed by atoms with E-state index in [4.69, 9.17) is 21.3 Å². The van der Waals surface area contributed by atoms with E-state index in [2.05, 4.69) is 25.3 Å². The number of carbonyl (C=O) groups is 1. The molecule has 5 heterocycles. The Morgan fingerprint density at radius 3 is 2.46 bits per heavy atom. The third-order valence-corrected chi connectivity index (χ3v) is 11.7. The van der Waals surface area contributed by atoms with E-state index < -0.39 is 75.7 Å². The number of carbonyl (C=O) groups excluding carboxylic acids is 1. The molecule has 308 valence electrons. The maximum atomic E-state index is 15.4. The lowest BCUT2D eigenvalue weighted by molar-refractivity contribution is -0.123. The Morgan fingerprint density at radius 1 is 1.03 bits per heavy atom. The van der Waals surface area contributed by atoms with Gasteiger partial charge in [-0.3, -0.25) is 28.5 Å². The van der Waals surface area contributed by atoms with Gasteiger partial charge >= 0.3 is 0 Å². The SMILES string of the molecule is Cn1nc(NS(C)(=O)=O)c2c(Cl)ccc(-c3cc(-c4cnn(C5COC5)c4)cnc3[C@H](Cc3cc(F)cc(F)c3)NC(=O)Cn3nc(C(F)F)c4c3C(F)(F)[C@@H]3C[C@H]43)c21. The quantitative estimate of drug-likeness (QED) is 0.127. The van der Waals surface area contributed by atoms with Crippen LogP contribution in [0.5, 0.6) is 0 Å². The van der Waals surface area contributed by atoms with Crippen molar-refractivity contribution in [2.75, 3.05) is 24.2 Å². The smallest absolute Gasteiger partial charge is 0.293 e. The van der Waals surface area contributed by atoms with Gasteiger partial charge in [0.15, 0.2) is 5.82 Å². The first-order valence-electron chi connectivity index (χ1n) is 18.2. The van der Waals surface area contributed by atoms with Gasteiger partial charge in [-0.2, -0.15) is 24.1 Å². The van der Waals surface area contributed by atoms with Gasteiger partial charge in [0.2, 0.25) is 15.9 Å². The summed E-state index contributed by atoms with van der Waals surface area (Å²) in [7, 11) is -2.27. The first-order valence-corrected chi connectivity index (χ1v) is 20.5. The fourth-order valence-electron chi connectivity index (χ4n) is 8.17. The van der Waals surface area contributed by atoms with E-state index in [1.54, 1.807) is 36.3 Å². The zero-order valence-corrected chi connectivity index (χ0v) is 32.5. The molecule has 1 saturated carbocycles. The number of ether oxygens (including phenoxy) is 1. The summed E-state index contributed by atoms with van der Waals surface area (Å²) in [4.78, 5) is 18.8. The van der Waals surface area contributed by atoms with E-state index in [9.17, 15) is 30.8 Å². The highest BCUT2D eigenvalue weighted by atomic mass is 35.5. The van der Waals surface area contributed by atoms with Crippen molar-refractivity contribution in [2.24, 2.45) is 13.0 Å². The minimum Gasteiger partial charge on any atom is -0.377 e. The fourth-order valence-corrected chi connectivity index (χ4v) is 8.90. The van der Waals surface area contributed by atoms with Gasteiger partial charge in [0.25, 0.3) is 12.3 Å². The number of anilines is 1. The summed E-state index contributed by atoms with van der Waals surface area (Å²) in [5, 5.41) is 15.7. The molecule has 2 fully saturated rings. The van der Waals surface area contributed by atoms with Crippen LogP contribution in [0.15, 0.2) is 55.0 Å². The minimum atomic E-state index is -3.83. The number of halogens is 7. The summed E-state index contributed by atoms with van der Waals surface area (Å²) in [5.74, 6) is -8.25. The number of aromatic nitrogens is 7. The predicted octanol–water partition coefficient (Wildman–Crippen LogP) is 6.82. The summed E-state index contributed by atoms with van der Waals surface area (Å²) in [6.07, 6.45) is 2.46. The molecule has 4 aromatic heterocycles. The summed E-state index contributed by atoms with van der Waals surface area (Å²) < 4.78 is 124. The molecule has 3 aliphatic rings. The van der Waals surface area contributed by atoms with Crippen LogP contribution in [-0.4, -0.2) is 68.1 Å². The summed E-state index contributed by atoms with van der Waals surface area (Å²) in [5.41, 5.74) is 0.668. The van der Waals surface area contributed by atoms with Crippen LogP contribution < -0.4 is 10.0 Å². The molecule has 2 N–H and O–H groups in total. The van der Waals surface area contributed by atoms with Crippen LogP contribution in [0.4, 0.5) is 32.2 Å². The van der Waals surface area contributed by atoms with Crippen molar-refractivity contribution < 1.29 is 44.3 Å². The maximum absolute atomic E-state index is 15.4. The molecule has 1 aliphatic heterocycles. The number of amides is 1. The Morgan fingerprint density at radius 2 is 1.78 bits per heavy atom. The highest BCUT2D eigenvalue weighted by Gasteiger charge is 2.67. The third-order valence-electron chi connectivity index (χ3n) is 10.8. The monoisotopic (exact) mass is 859 g/mol. The summed E-state index contributed by atoms with van der Waals surface area (Å²) in [6, 6.07) is 6.43. The van der Waals surface area contributed by atoms with Gasteiger partial charge in [-0.1, -0.05) is 17.7 Å². The van der Waals surface area contributed by atoms with Crippen LogP contribution in [-0.2, 0) is 45.5 Å². The molecule has 6 aromatic rings. The number of benzene rings is 2. The van der Waals surface area contributed by atoms with Gasteiger partial charge in [-0.15, -0.1) is 0 Å². The second-order valence-electron chi connectivity index (χ2n) is 15.0. The Labute approximate surface area is 336 Å². The van der Waals surface area contributed by atoms with E-state index >= 15 is 8.78 Å². The first-order chi connectivity index (χ1) is 28.0. The second-order valence-corrected chi connectivity index (χ2v) is 17.2. The number of alkyl halides is 4. The zero-order valence-electron chi connectivity index (χ0n) is 30.9. The van der Waals surface area contributed by atoms with Crippen molar-refractivity contribution in [2.45, 2.75) is 49.7 Å². The molecule has 9 rings (SSSR count). The Hall–Kier alpha value is -5.47. The maximum Gasteiger partial charge on any atom is 0.293 e. The molecular weight excluding hydrogens is 828 g/mol. The lowest BCUT2D eigenvalue weighted by Crippen LogP contribution is -2.35. The van der Waals surface area contributed by atoms with Crippen molar-refractivity contribution in [1.82, 2.24) is 39.6 Å². The average molecular weight is 860 g/mol. The molecule has 21 heteroatoms. The topological polar surface area (TPSA) is 151 Å². The van der Waals surface area contributed by atoms with Crippen LogP contribution >= 0.6 is 11.6 Å². The van der Waals surface area contributed by atoms with Crippen LogP contribution in [0.3, 0.4) is 0 Å². The van der Waals surface area contributed by atoms with E-state index in [0.29, 0.717) is 51.7 Å². The molecule has 2 aromatic carbocycles. The molecule has 3 atom stereocenters. The first kappa shape index (κ1) is 39.0. The van der Waals surface area contributed by atoms with Crippen molar-refractivity contribution >= 4 is 44.3 Å². The van der Waals surface area contributed by atoms with E-state index in [-0.39, 0.29) is 51.9 Å². The number of pyridine rings is 1. The van der Waals surface area contributed by atoms with Gasteiger partial charge in [-0.05, 0) is 48.6 Å². The van der Waals surface area contributed by atoms with Crippen molar-refractivity contribution in [1.29, 1.82) is 0 Å². The largest absolute Gasteiger partial charge is 0.377 e. The number of nitrogens with one attached hydrogen (secondary N) is 2. The molecule has 0 spiro atoms. The van der Waals surface area contributed by atoms with Crippen LogP contribution in [0.1, 0.15) is 59.1 Å². The van der Waals surface area contributed by atoms with Crippen molar-refractivity contribution in [3.8, 4) is 22.3 Å². The molecule has 0 bridgehead atoms. The Balaban J connectivity index is 1.19. The van der Waals surface area contributed by atoms with Crippen LogP contribution in [0.25, 0.3) is 33.2 Å². The average Bonchev–Trinajstić information content (AvgIpc) is 3.34. The molecule has 0 radical (unpaired) electrons. The standard InChI is InChI=1S/C38H32ClF6N9O4S/c1-52-34-23(3-4-27(39)31(34)37(50-52)51-59(2,56)57)24-8-18(19-12-47-53(13-19)22-15-58-16-22)11-46-32(24)28(7-17-5-20(40)9-21(41)6-17)48-29(55)14-54-35-30(33(49-54)36(42)43)25-10-26(25)38(35,44)45/h3-6,8-9,11-13,22,25-26,28,36H,7,10,14-16H2,1-2H3,(H,48,55)(H,50,51)/t25-,26+,28-/m0/s1. The van der Waals surface area contributed by atoms with Crippen molar-refractivity contribution in [3.63, 3.8) is 0 Å². The molecular formula is C38H32ClF6N9O4S. The van der Waals surface area contributed by atoms with Gasteiger partial charge in [0.1, 0.15) is 29.6 Å². The third kappa shape index (κ3) is 6.99. The van der Waals surface area contributed by atoms with Crippen LogP contribution in [0.2, 0.25) is 5.02 Å². The normalized spacial score (nSPS) is 18.8. The lowest BCUT2D eigenvalue weighted by Gasteiger charge is -2.26. The summed E-state index contributed by atoms with van der Waals surface area (Å²) >= 11 is 6.66. The highest BCUT2D eigenvalue weighted by molar-refractivity contribution is 7.92. The minimum absolute atomic E-state index is 0.0198. The van der Waals surface area contributed by atoms with E-state index in [1.807, 2.05) is 0 Å². The van der Waals surface area contributed by atoms with Crippen molar-refractivity contribution in [3.05, 3.63) is 99.9 Å². The van der Waals surface area contributed by atoms with Gasteiger partial charge in [-0.25, -0.2) is 26.0 Å². The number of nitrogens with zero attached hydrogens (tertiary/aromatic N) is 7. The number of aryl methyl sites for hydroxylation is 1. The van der Waals surface area contributed by atoms with Gasteiger partial charge in [0.05, 0.1) is 59.4 Å². The summed E-state index contributed by atoms with van der Waals surface area (Å²) in [6.45, 7) is 0.0631. The molecule has 1 saturated heterocycles. The lowest BCUT2D eigenvalue weighted by atomic mass is 9.92. The Kier molecular flexibility index (Phi) is 9.31. The highest BCUT2D eigenvalue weighted by Crippen LogP contribution is 2.68. The molecule has 59 heavy (non-hydrogen) atoms. The number of fused-ring (bicyclic) bond motifs is 4. The van der Waals surface area contributed by atoms with Gasteiger partial charge < -0.3 is 10.1 Å². The second kappa shape index (κ2) is 14.1. The molecule has 13 nitrogen and oxygen atoms in total. The molecule has 0 unspecified atom stereocenters. The Bertz CT molecular complexity index is 2790. The number of hydrogen-bond acceptors (Lipinski definition) is 8. The number of rotatable bonds is 12. The zero-order chi connectivity index (χ0) is 41.7. The van der Waals surface area contributed by atoms with Gasteiger partial charge in [0, 0.05) is 59.2 Å². The number of sulfonamides is 1. The molecule has 1 amide bonds. The number of hydrogen-bond donors (Lipinski definition) is 2. The van der Waals surface area contributed by atoms with E-state index in [0.717, 1.165) is 18.4 Å². The molecule has 2 aliphatic carbocycles. The van der Waals surface area contributed by atoms with E-state index in [1.165, 1.54) is 16.9 Å². The predicted molar refractivity (Wildman–Crippen MR) is 201 cm³/mol.